The van der Waals surface area contributed by atoms with E-state index < -0.39 is 9.84 Å². The van der Waals surface area contributed by atoms with E-state index in [0.29, 0.717) is 40.7 Å². The van der Waals surface area contributed by atoms with E-state index in [1.807, 2.05) is 24.3 Å². The predicted octanol–water partition coefficient (Wildman–Crippen LogP) is 4.25. The highest BCUT2D eigenvalue weighted by Gasteiger charge is 2.22. The van der Waals surface area contributed by atoms with Crippen molar-refractivity contribution >= 4 is 9.84 Å². The normalized spacial score (nSPS) is 11.7. The number of benzene rings is 2. The molecule has 0 radical (unpaired) electrons. The first-order valence-electron chi connectivity index (χ1n) is 9.84. The summed E-state index contributed by atoms with van der Waals surface area (Å²) in [4.78, 5) is 4.44. The maximum atomic E-state index is 12.6. The Hall–Kier alpha value is -3.36. The molecule has 31 heavy (non-hydrogen) atoms. The highest BCUT2D eigenvalue weighted by molar-refractivity contribution is 7.91. The monoisotopic (exact) mass is 437 g/mol. The molecule has 0 amide bonds. The molecule has 2 aliphatic heterocycles. The Kier molecular flexibility index (Phi) is 5.43. The Labute approximate surface area is 181 Å². The van der Waals surface area contributed by atoms with Crippen LogP contribution in [0.25, 0.3) is 22.5 Å². The summed E-state index contributed by atoms with van der Waals surface area (Å²) in [5, 5.41) is 10.3. The fraction of sp³-hybridized carbons (Fsp3) is 0.174. The van der Waals surface area contributed by atoms with Crippen LogP contribution in [-0.4, -0.2) is 29.1 Å². The van der Waals surface area contributed by atoms with E-state index >= 15 is 0 Å². The third-order valence-corrected chi connectivity index (χ3v) is 6.96. The number of fused-ring (bicyclic) bond motifs is 1. The van der Waals surface area contributed by atoms with Gasteiger partial charge in [-0.25, -0.2) is 13.4 Å². The van der Waals surface area contributed by atoms with Crippen molar-refractivity contribution in [3.63, 3.8) is 0 Å². The Bertz CT molecular complexity index is 1310. The minimum Gasteiger partial charge on any atom is -0.457 e. The summed E-state index contributed by atoms with van der Waals surface area (Å²) in [6.07, 6.45) is 1.60. The van der Waals surface area contributed by atoms with Gasteiger partial charge in [0.05, 0.1) is 16.3 Å². The summed E-state index contributed by atoms with van der Waals surface area (Å²) >= 11 is 0. The number of aryl methyl sites for hydroxylation is 1. The zero-order chi connectivity index (χ0) is 22.2. The second-order valence-electron chi connectivity index (χ2n) is 7.20. The molecular formula is C23H23N3O4S. The largest absolute Gasteiger partial charge is 0.457 e. The molecule has 0 unspecified atom stereocenters. The number of hydrogen-bond acceptors (Lipinski definition) is 6. The number of aromatic nitrogens is 2. The Morgan fingerprint density at radius 3 is 2.45 bits per heavy atom. The molecule has 2 aromatic carbocycles. The molecule has 0 bridgehead atoms. The van der Waals surface area contributed by atoms with Crippen molar-refractivity contribution in [1.82, 2.24) is 9.71 Å². The van der Waals surface area contributed by atoms with Gasteiger partial charge in [-0.3, -0.25) is 0 Å². The van der Waals surface area contributed by atoms with E-state index in [-0.39, 0.29) is 10.6 Å². The molecule has 0 fully saturated rings. The van der Waals surface area contributed by atoms with Crippen LogP contribution in [0.2, 0.25) is 0 Å². The van der Waals surface area contributed by atoms with Crippen LogP contribution >= 0.6 is 0 Å². The molecule has 3 N–H and O–H groups in total. The van der Waals surface area contributed by atoms with Crippen molar-refractivity contribution in [1.29, 1.82) is 0 Å². The van der Waals surface area contributed by atoms with Gasteiger partial charge >= 0.3 is 0 Å². The third-order valence-electron chi connectivity index (χ3n) is 5.22. The van der Waals surface area contributed by atoms with Gasteiger partial charge in [-0.2, -0.15) is 4.73 Å². The summed E-state index contributed by atoms with van der Waals surface area (Å²) in [6, 6.07) is 15.8. The molecule has 2 aromatic rings. The number of pyridine rings is 1. The fourth-order valence-corrected chi connectivity index (χ4v) is 4.34. The van der Waals surface area contributed by atoms with Crippen LogP contribution in [0.5, 0.6) is 11.5 Å². The lowest BCUT2D eigenvalue weighted by atomic mass is 9.98. The van der Waals surface area contributed by atoms with E-state index in [0.717, 1.165) is 15.9 Å². The lowest BCUT2D eigenvalue weighted by molar-refractivity contribution is 0.180. The van der Waals surface area contributed by atoms with E-state index in [1.54, 1.807) is 50.4 Å². The number of sulfone groups is 1. The number of nitrogens with zero attached hydrogens (tertiary/aromatic N) is 2. The predicted molar refractivity (Wildman–Crippen MR) is 118 cm³/mol. The average Bonchev–Trinajstić information content (AvgIpc) is 3.27. The zero-order valence-electron chi connectivity index (χ0n) is 17.2. The molecule has 160 valence electrons. The van der Waals surface area contributed by atoms with Crippen LogP contribution in [0.15, 0.2) is 65.7 Å². The minimum absolute atomic E-state index is 0.00893. The smallest absolute Gasteiger partial charge is 0.178 e. The minimum atomic E-state index is -3.43. The highest BCUT2D eigenvalue weighted by atomic mass is 32.2. The van der Waals surface area contributed by atoms with Crippen LogP contribution in [0.3, 0.4) is 0 Å². The molecule has 0 spiro atoms. The van der Waals surface area contributed by atoms with E-state index in [1.165, 1.54) is 0 Å². The first kappa shape index (κ1) is 20.9. The highest BCUT2D eigenvalue weighted by Crippen LogP contribution is 2.41. The van der Waals surface area contributed by atoms with E-state index in [2.05, 4.69) is 4.98 Å². The lowest BCUT2D eigenvalue weighted by Crippen LogP contribution is -2.06. The number of ether oxygens (including phenoxy) is 1. The van der Waals surface area contributed by atoms with Gasteiger partial charge in [0.15, 0.2) is 15.7 Å². The van der Waals surface area contributed by atoms with Crippen LogP contribution in [0.1, 0.15) is 18.2 Å². The molecule has 0 saturated carbocycles. The van der Waals surface area contributed by atoms with Crippen LogP contribution < -0.4 is 10.5 Å². The van der Waals surface area contributed by atoms with Gasteiger partial charge in [0.1, 0.15) is 11.5 Å². The Balaban J connectivity index is 1.91. The van der Waals surface area contributed by atoms with Gasteiger partial charge in [0.2, 0.25) is 0 Å². The summed E-state index contributed by atoms with van der Waals surface area (Å²) in [7, 11) is -3.43. The first-order valence-corrected chi connectivity index (χ1v) is 11.5. The van der Waals surface area contributed by atoms with Gasteiger partial charge in [-0.05, 0) is 60.5 Å². The van der Waals surface area contributed by atoms with Gasteiger partial charge < -0.3 is 15.7 Å². The summed E-state index contributed by atoms with van der Waals surface area (Å²) < 4.78 is 32.2. The van der Waals surface area contributed by atoms with Crippen LogP contribution in [0.4, 0.5) is 0 Å². The van der Waals surface area contributed by atoms with Crippen molar-refractivity contribution in [2.75, 3.05) is 5.75 Å². The molecule has 4 rings (SSSR count). The second kappa shape index (κ2) is 8.05. The lowest BCUT2D eigenvalue weighted by Gasteiger charge is -2.18. The Morgan fingerprint density at radius 2 is 1.77 bits per heavy atom. The van der Waals surface area contributed by atoms with E-state index in [9.17, 15) is 13.6 Å². The molecule has 7 nitrogen and oxygen atoms in total. The molecule has 8 heteroatoms. The maximum Gasteiger partial charge on any atom is 0.178 e. The van der Waals surface area contributed by atoms with Crippen LogP contribution in [-0.2, 0) is 16.4 Å². The second-order valence-corrected chi connectivity index (χ2v) is 9.48. The first-order chi connectivity index (χ1) is 14.8. The summed E-state index contributed by atoms with van der Waals surface area (Å²) in [5.41, 5.74) is 9.20. The molecule has 0 atom stereocenters. The standard InChI is InChI=1S/C23H23N3O4S/c1-3-31(28,29)18-8-9-22(30-17-6-4-16(14-24)5-7-17)21(13-18)20-12-15(2)26(27)23-19(20)10-11-25-23/h4-13,27H,3,14,24H2,1-2H3. The molecule has 0 aromatic heterocycles. The zero-order valence-corrected chi connectivity index (χ0v) is 18.1. The average molecular weight is 438 g/mol. The third kappa shape index (κ3) is 3.87. The number of rotatable bonds is 6. The number of nitrogens with two attached hydrogens (primary N) is 1. The molecular weight excluding hydrogens is 414 g/mol. The van der Waals surface area contributed by atoms with Gasteiger partial charge in [0, 0.05) is 23.9 Å². The van der Waals surface area contributed by atoms with Crippen molar-refractivity contribution in [2.24, 2.45) is 5.73 Å². The SMILES string of the molecule is CCS(=O)(=O)c1ccc(Oc2ccc(CN)cc2)c(-c2cc(C)n(O)c3nccc2-3)c1. The molecule has 2 aliphatic rings. The summed E-state index contributed by atoms with van der Waals surface area (Å²) in [5.74, 6) is 1.47. The van der Waals surface area contributed by atoms with Crippen molar-refractivity contribution < 1.29 is 18.4 Å². The van der Waals surface area contributed by atoms with Gasteiger partial charge in [-0.15, -0.1) is 0 Å². The maximum absolute atomic E-state index is 12.6. The Morgan fingerprint density at radius 1 is 1.03 bits per heavy atom. The molecule has 0 aliphatic carbocycles. The summed E-state index contributed by atoms with van der Waals surface area (Å²) in [6.45, 7) is 3.79. The topological polar surface area (TPSA) is 107 Å². The fourth-order valence-electron chi connectivity index (χ4n) is 3.43. The molecule has 2 heterocycles. The van der Waals surface area contributed by atoms with Gasteiger partial charge in [-0.1, -0.05) is 19.1 Å². The van der Waals surface area contributed by atoms with Crippen molar-refractivity contribution in [3.8, 4) is 34.0 Å². The van der Waals surface area contributed by atoms with Crippen molar-refractivity contribution in [3.05, 3.63) is 72.1 Å². The van der Waals surface area contributed by atoms with Crippen molar-refractivity contribution in [2.45, 2.75) is 25.3 Å². The quantitative estimate of drug-likeness (QED) is 0.437. The van der Waals surface area contributed by atoms with Crippen LogP contribution in [0, 0.1) is 6.92 Å². The van der Waals surface area contributed by atoms with E-state index in [4.69, 9.17) is 10.5 Å². The van der Waals surface area contributed by atoms with Gasteiger partial charge in [0.25, 0.3) is 0 Å². The number of hydrogen-bond donors (Lipinski definition) is 2. The molecule has 0 saturated heterocycles.